The summed E-state index contributed by atoms with van der Waals surface area (Å²) in [4.78, 5) is 34.4. The van der Waals surface area contributed by atoms with Gasteiger partial charge in [-0.15, -0.1) is 0 Å². The molecule has 0 spiro atoms. The number of carbonyl (C=O) groups excluding carboxylic acids is 1. The van der Waals surface area contributed by atoms with Gasteiger partial charge in [0.05, 0.1) is 17.4 Å². The van der Waals surface area contributed by atoms with Crippen molar-refractivity contribution in [1.82, 2.24) is 14.9 Å². The number of amides is 1. The molecular formula is C25H21ClFN3O3. The fourth-order valence-corrected chi connectivity index (χ4v) is 3.59. The van der Waals surface area contributed by atoms with Gasteiger partial charge in [0.1, 0.15) is 23.1 Å². The fraction of sp³-hybridized carbons (Fsp3) is 0.160. The van der Waals surface area contributed by atoms with Crippen LogP contribution in [0, 0.1) is 5.82 Å². The number of halogens is 2. The molecule has 1 aromatic heterocycles. The lowest BCUT2D eigenvalue weighted by Crippen LogP contribution is -2.32. The molecule has 0 aliphatic carbocycles. The Kier molecular flexibility index (Phi) is 6.70. The van der Waals surface area contributed by atoms with Crippen LogP contribution in [-0.2, 0) is 6.54 Å². The average Bonchev–Trinajstić information content (AvgIpc) is 2.80. The molecule has 3 aromatic carbocycles. The lowest BCUT2D eigenvalue weighted by Gasteiger charge is -2.22. The summed E-state index contributed by atoms with van der Waals surface area (Å²) in [5, 5.41) is 0.921. The lowest BCUT2D eigenvalue weighted by molar-refractivity contribution is 0.0739. The molecule has 0 fully saturated rings. The Morgan fingerprint density at radius 1 is 1.06 bits per heavy atom. The van der Waals surface area contributed by atoms with E-state index in [4.69, 9.17) is 16.3 Å². The third-order valence-corrected chi connectivity index (χ3v) is 5.22. The molecule has 1 amide bonds. The Bertz CT molecular complexity index is 1340. The average molecular weight is 466 g/mol. The molecule has 33 heavy (non-hydrogen) atoms. The van der Waals surface area contributed by atoms with Gasteiger partial charge in [0, 0.05) is 17.1 Å². The minimum Gasteiger partial charge on any atom is -0.457 e. The molecule has 0 aliphatic rings. The van der Waals surface area contributed by atoms with Crippen LogP contribution < -0.4 is 10.3 Å². The summed E-state index contributed by atoms with van der Waals surface area (Å²) in [5.74, 6) is 0.864. The summed E-state index contributed by atoms with van der Waals surface area (Å²) >= 11 is 6.04. The summed E-state index contributed by atoms with van der Waals surface area (Å²) < 4.78 is 18.7. The van der Waals surface area contributed by atoms with E-state index < -0.39 is 0 Å². The number of carbonyl (C=O) groups is 1. The first-order chi connectivity index (χ1) is 15.9. The van der Waals surface area contributed by atoms with Crippen LogP contribution in [0.1, 0.15) is 29.5 Å². The second-order valence-corrected chi connectivity index (χ2v) is 7.92. The minimum absolute atomic E-state index is 0.151. The van der Waals surface area contributed by atoms with Crippen LogP contribution in [0.3, 0.4) is 0 Å². The fourth-order valence-electron chi connectivity index (χ4n) is 3.43. The van der Waals surface area contributed by atoms with Crippen LogP contribution in [0.5, 0.6) is 11.5 Å². The van der Waals surface area contributed by atoms with Crippen molar-refractivity contribution < 1.29 is 13.9 Å². The second kappa shape index (κ2) is 9.83. The van der Waals surface area contributed by atoms with E-state index in [2.05, 4.69) is 9.97 Å². The number of benzene rings is 3. The number of aromatic nitrogens is 2. The highest BCUT2D eigenvalue weighted by molar-refractivity contribution is 6.31. The van der Waals surface area contributed by atoms with Gasteiger partial charge in [0.2, 0.25) is 0 Å². The topological polar surface area (TPSA) is 75.3 Å². The second-order valence-electron chi connectivity index (χ2n) is 7.48. The van der Waals surface area contributed by atoms with Crippen molar-refractivity contribution in [3.8, 4) is 11.5 Å². The molecule has 0 bridgehead atoms. The molecule has 168 valence electrons. The zero-order chi connectivity index (χ0) is 23.4. The monoisotopic (exact) mass is 465 g/mol. The first kappa shape index (κ1) is 22.5. The predicted molar refractivity (Wildman–Crippen MR) is 125 cm³/mol. The molecule has 0 aliphatic heterocycles. The number of ether oxygens (including phenoxy) is 1. The van der Waals surface area contributed by atoms with Gasteiger partial charge in [-0.2, -0.15) is 0 Å². The number of rotatable bonds is 7. The molecule has 4 rings (SSSR count). The van der Waals surface area contributed by atoms with E-state index in [0.29, 0.717) is 45.4 Å². The van der Waals surface area contributed by atoms with Crippen LogP contribution in [0.15, 0.2) is 71.5 Å². The maximum Gasteiger partial charge on any atom is 0.258 e. The van der Waals surface area contributed by atoms with Gasteiger partial charge in [0.15, 0.2) is 0 Å². The normalized spacial score (nSPS) is 10.9. The molecule has 0 radical (unpaired) electrons. The number of nitrogens with zero attached hydrogens (tertiary/aromatic N) is 2. The molecule has 0 saturated heterocycles. The lowest BCUT2D eigenvalue weighted by atomic mass is 10.2. The van der Waals surface area contributed by atoms with Crippen molar-refractivity contribution in [2.45, 2.75) is 19.9 Å². The first-order valence-corrected chi connectivity index (χ1v) is 10.8. The highest BCUT2D eigenvalue weighted by atomic mass is 35.5. The number of aromatic amines is 1. The summed E-state index contributed by atoms with van der Waals surface area (Å²) in [6.45, 7) is 2.61. The molecule has 6 nitrogen and oxygen atoms in total. The van der Waals surface area contributed by atoms with Crippen molar-refractivity contribution in [2.24, 2.45) is 0 Å². The largest absolute Gasteiger partial charge is 0.457 e. The van der Waals surface area contributed by atoms with Crippen LogP contribution in [0.2, 0.25) is 5.02 Å². The van der Waals surface area contributed by atoms with Crippen molar-refractivity contribution in [1.29, 1.82) is 0 Å². The summed E-state index contributed by atoms with van der Waals surface area (Å²) in [6.07, 6.45) is 0.737. The number of H-pyrrole nitrogens is 1. The molecule has 0 atom stereocenters. The van der Waals surface area contributed by atoms with E-state index >= 15 is 0 Å². The van der Waals surface area contributed by atoms with E-state index in [9.17, 15) is 14.0 Å². The van der Waals surface area contributed by atoms with Crippen LogP contribution in [0.4, 0.5) is 4.39 Å². The maximum absolute atomic E-state index is 13.2. The third kappa shape index (κ3) is 5.38. The maximum atomic E-state index is 13.2. The number of fused-ring (bicyclic) bond motifs is 1. The molecule has 0 saturated carbocycles. The Labute approximate surface area is 194 Å². The van der Waals surface area contributed by atoms with Crippen LogP contribution >= 0.6 is 11.6 Å². The summed E-state index contributed by atoms with van der Waals surface area (Å²) in [7, 11) is 0. The zero-order valence-electron chi connectivity index (χ0n) is 17.8. The quantitative estimate of drug-likeness (QED) is 0.387. The first-order valence-electron chi connectivity index (χ1n) is 10.4. The standard InChI is InChI=1S/C25H21ClFN3O3/c1-2-13-30(15-23-28-22-14-17(26)5-12-21(22)24(31)29-23)25(32)16-3-8-19(9-4-16)33-20-10-6-18(27)7-11-20/h3-12,14H,2,13,15H2,1H3,(H,28,29,31). The Morgan fingerprint density at radius 3 is 2.39 bits per heavy atom. The van der Waals surface area contributed by atoms with Crippen molar-refractivity contribution >= 4 is 28.4 Å². The van der Waals surface area contributed by atoms with Gasteiger partial charge in [0.25, 0.3) is 11.5 Å². The van der Waals surface area contributed by atoms with Crippen molar-refractivity contribution in [2.75, 3.05) is 6.54 Å². The van der Waals surface area contributed by atoms with E-state index in [1.807, 2.05) is 6.92 Å². The number of hydrogen-bond acceptors (Lipinski definition) is 4. The predicted octanol–water partition coefficient (Wildman–Crippen LogP) is 5.56. The minimum atomic E-state index is -0.343. The van der Waals surface area contributed by atoms with E-state index in [1.165, 1.54) is 24.3 Å². The Morgan fingerprint density at radius 2 is 1.73 bits per heavy atom. The van der Waals surface area contributed by atoms with Gasteiger partial charge in [-0.3, -0.25) is 9.59 Å². The van der Waals surface area contributed by atoms with Gasteiger partial charge >= 0.3 is 0 Å². The molecular weight excluding hydrogens is 445 g/mol. The smallest absolute Gasteiger partial charge is 0.258 e. The van der Waals surface area contributed by atoms with E-state index in [-0.39, 0.29) is 23.8 Å². The highest BCUT2D eigenvalue weighted by Crippen LogP contribution is 2.23. The van der Waals surface area contributed by atoms with Gasteiger partial charge < -0.3 is 14.6 Å². The Balaban J connectivity index is 1.53. The number of nitrogens with one attached hydrogen (secondary N) is 1. The molecule has 8 heteroatoms. The summed E-state index contributed by atoms with van der Waals surface area (Å²) in [6, 6.07) is 17.3. The van der Waals surface area contributed by atoms with E-state index in [1.54, 1.807) is 47.4 Å². The number of hydrogen-bond donors (Lipinski definition) is 1. The van der Waals surface area contributed by atoms with Crippen molar-refractivity contribution in [3.63, 3.8) is 0 Å². The third-order valence-electron chi connectivity index (χ3n) is 4.99. The Hall–Kier alpha value is -3.71. The SMILES string of the molecule is CCCN(Cc1nc2cc(Cl)ccc2c(=O)[nH]1)C(=O)c1ccc(Oc2ccc(F)cc2)cc1. The highest BCUT2D eigenvalue weighted by Gasteiger charge is 2.17. The molecule has 4 aromatic rings. The van der Waals surface area contributed by atoms with Gasteiger partial charge in [-0.1, -0.05) is 18.5 Å². The van der Waals surface area contributed by atoms with Crippen LogP contribution in [-0.4, -0.2) is 27.3 Å². The zero-order valence-corrected chi connectivity index (χ0v) is 18.6. The van der Waals surface area contributed by atoms with E-state index in [0.717, 1.165) is 6.42 Å². The van der Waals surface area contributed by atoms with Gasteiger partial charge in [-0.05, 0) is 73.2 Å². The van der Waals surface area contributed by atoms with Crippen LogP contribution in [0.25, 0.3) is 10.9 Å². The van der Waals surface area contributed by atoms with Crippen molar-refractivity contribution in [3.05, 3.63) is 99.3 Å². The van der Waals surface area contributed by atoms with Gasteiger partial charge in [-0.25, -0.2) is 9.37 Å². The molecule has 0 unspecified atom stereocenters. The molecule has 1 N–H and O–H groups in total. The molecule has 1 heterocycles. The summed E-state index contributed by atoms with van der Waals surface area (Å²) in [5.41, 5.74) is 0.673.